The fourth-order valence-corrected chi connectivity index (χ4v) is 5.08. The number of carbonyl (C=O) groups excluding carboxylic acids is 1. The van der Waals surface area contributed by atoms with Crippen molar-refractivity contribution in [3.8, 4) is 11.5 Å². The Morgan fingerprint density at radius 1 is 1.21 bits per heavy atom. The Labute approximate surface area is 218 Å². The number of benzene rings is 2. The highest BCUT2D eigenvalue weighted by molar-refractivity contribution is 5.87. The molecular formula is C27H31F3N4O4. The van der Waals surface area contributed by atoms with Crippen LogP contribution in [0.1, 0.15) is 31.2 Å². The molecular weight excluding hydrogens is 501 g/mol. The number of piperidine rings is 1. The zero-order valence-corrected chi connectivity index (χ0v) is 21.1. The van der Waals surface area contributed by atoms with Crippen LogP contribution in [-0.2, 0) is 11.2 Å². The number of halogens is 3. The van der Waals surface area contributed by atoms with Crippen molar-refractivity contribution in [2.45, 2.75) is 38.1 Å². The molecule has 0 spiro atoms. The Morgan fingerprint density at radius 2 is 1.97 bits per heavy atom. The number of aryl methyl sites for hydroxylation is 1. The highest BCUT2D eigenvalue weighted by Gasteiger charge is 2.32. The van der Waals surface area contributed by atoms with Crippen LogP contribution in [0.4, 0.5) is 18.9 Å². The number of likely N-dealkylation sites (tertiary alicyclic amines) is 1. The molecule has 0 bridgehead atoms. The van der Waals surface area contributed by atoms with E-state index < -0.39 is 23.4 Å². The number of nitrogens with two attached hydrogens (primary N) is 1. The molecule has 1 aromatic heterocycles. The van der Waals surface area contributed by atoms with Crippen molar-refractivity contribution in [1.82, 2.24) is 15.4 Å². The number of hydrogen-bond donors (Lipinski definition) is 3. The summed E-state index contributed by atoms with van der Waals surface area (Å²) >= 11 is 0. The number of nitrogens with zero attached hydrogens (tertiary/aromatic N) is 2. The van der Waals surface area contributed by atoms with Gasteiger partial charge in [-0.05, 0) is 62.4 Å². The SMILES string of the molecule is COc1ccc2ncc(N)c(CCCC3CC(C(=O)NO)CCN3CCOc3cc(F)c(F)c(F)c3)c2c1. The van der Waals surface area contributed by atoms with Crippen molar-refractivity contribution in [2.24, 2.45) is 5.92 Å². The molecule has 1 aliphatic heterocycles. The van der Waals surface area contributed by atoms with Crippen LogP contribution in [-0.4, -0.2) is 53.8 Å². The van der Waals surface area contributed by atoms with Gasteiger partial charge in [0.15, 0.2) is 17.5 Å². The Hall–Kier alpha value is -3.57. The summed E-state index contributed by atoms with van der Waals surface area (Å²) < 4.78 is 51.1. The van der Waals surface area contributed by atoms with Crippen LogP contribution >= 0.6 is 0 Å². The average molecular weight is 533 g/mol. The predicted octanol–water partition coefficient (Wildman–Crippen LogP) is 4.23. The standard InChI is InChI=1S/C27H31F3N4O4/c1-37-18-5-6-25-21(12-18)20(24(31)15-32-25)4-2-3-17-11-16(27(35)33-36)7-8-34(17)9-10-38-19-13-22(28)26(30)23(29)14-19/h5-6,12-17,36H,2-4,7-11,31H2,1H3,(H,33,35). The van der Waals surface area contributed by atoms with Gasteiger partial charge >= 0.3 is 0 Å². The molecule has 204 valence electrons. The molecule has 1 aliphatic rings. The summed E-state index contributed by atoms with van der Waals surface area (Å²) in [6, 6.07) is 7.27. The van der Waals surface area contributed by atoms with E-state index in [4.69, 9.17) is 20.4 Å². The van der Waals surface area contributed by atoms with E-state index in [0.29, 0.717) is 43.8 Å². The normalized spacial score (nSPS) is 17.9. The largest absolute Gasteiger partial charge is 0.497 e. The molecule has 1 saturated heterocycles. The van der Waals surface area contributed by atoms with Crippen LogP contribution in [0.3, 0.4) is 0 Å². The molecule has 2 atom stereocenters. The van der Waals surface area contributed by atoms with Gasteiger partial charge in [0.05, 0.1) is 24.5 Å². The Bertz CT molecular complexity index is 1270. The van der Waals surface area contributed by atoms with Gasteiger partial charge in [-0.15, -0.1) is 0 Å². The van der Waals surface area contributed by atoms with Gasteiger partial charge in [-0.3, -0.25) is 19.9 Å². The number of anilines is 1. The van der Waals surface area contributed by atoms with Crippen LogP contribution in [0, 0.1) is 23.4 Å². The minimum absolute atomic E-state index is 0.000187. The van der Waals surface area contributed by atoms with Crippen LogP contribution in [0.2, 0.25) is 0 Å². The van der Waals surface area contributed by atoms with E-state index in [1.54, 1.807) is 18.8 Å². The molecule has 0 radical (unpaired) electrons. The number of carbonyl (C=O) groups is 1. The number of rotatable bonds is 10. The number of hydroxylamine groups is 1. The van der Waals surface area contributed by atoms with Gasteiger partial charge in [0.1, 0.15) is 18.1 Å². The number of nitrogens with one attached hydrogen (secondary N) is 1. The average Bonchev–Trinajstić information content (AvgIpc) is 2.92. The van der Waals surface area contributed by atoms with Crippen LogP contribution in [0.25, 0.3) is 10.9 Å². The van der Waals surface area contributed by atoms with Crippen molar-refractivity contribution < 1.29 is 32.6 Å². The maximum Gasteiger partial charge on any atom is 0.246 e. The lowest BCUT2D eigenvalue weighted by Crippen LogP contribution is -2.47. The lowest BCUT2D eigenvalue weighted by molar-refractivity contribution is -0.135. The summed E-state index contributed by atoms with van der Waals surface area (Å²) in [5.41, 5.74) is 10.4. The predicted molar refractivity (Wildman–Crippen MR) is 135 cm³/mol. The molecule has 38 heavy (non-hydrogen) atoms. The fourth-order valence-electron chi connectivity index (χ4n) is 5.08. The molecule has 8 nitrogen and oxygen atoms in total. The van der Waals surface area contributed by atoms with Crippen LogP contribution < -0.4 is 20.7 Å². The lowest BCUT2D eigenvalue weighted by atomic mass is 9.87. The maximum atomic E-state index is 13.5. The Balaban J connectivity index is 1.42. The topological polar surface area (TPSA) is 110 Å². The number of aromatic nitrogens is 1. The van der Waals surface area contributed by atoms with Crippen molar-refractivity contribution in [3.05, 3.63) is 59.5 Å². The van der Waals surface area contributed by atoms with Gasteiger partial charge in [-0.25, -0.2) is 18.7 Å². The minimum atomic E-state index is -1.54. The second-order valence-corrected chi connectivity index (χ2v) is 9.40. The molecule has 0 saturated carbocycles. The van der Waals surface area contributed by atoms with Crippen molar-refractivity contribution in [3.63, 3.8) is 0 Å². The molecule has 2 aromatic carbocycles. The van der Waals surface area contributed by atoms with Crippen LogP contribution in [0.5, 0.6) is 11.5 Å². The van der Waals surface area contributed by atoms with Gasteiger partial charge in [0, 0.05) is 36.0 Å². The fraction of sp³-hybridized carbons (Fsp3) is 0.407. The first-order chi connectivity index (χ1) is 18.3. The third-order valence-corrected chi connectivity index (χ3v) is 7.11. The Kier molecular flexibility index (Phi) is 8.90. The van der Waals surface area contributed by atoms with E-state index in [-0.39, 0.29) is 24.3 Å². The third-order valence-electron chi connectivity index (χ3n) is 7.11. The van der Waals surface area contributed by atoms with E-state index >= 15 is 0 Å². The minimum Gasteiger partial charge on any atom is -0.497 e. The van der Waals surface area contributed by atoms with E-state index in [9.17, 15) is 18.0 Å². The molecule has 3 aromatic rings. The summed E-state index contributed by atoms with van der Waals surface area (Å²) in [4.78, 5) is 18.7. The summed E-state index contributed by atoms with van der Waals surface area (Å²) in [5.74, 6) is -4.30. The molecule has 2 unspecified atom stereocenters. The summed E-state index contributed by atoms with van der Waals surface area (Å²) in [7, 11) is 1.60. The highest BCUT2D eigenvalue weighted by Crippen LogP contribution is 2.30. The number of nitrogen functional groups attached to an aromatic ring is 1. The maximum absolute atomic E-state index is 13.5. The molecule has 1 fully saturated rings. The second kappa shape index (κ2) is 12.3. The number of amides is 1. The van der Waals surface area contributed by atoms with Gasteiger partial charge < -0.3 is 15.2 Å². The molecule has 4 rings (SSSR count). The van der Waals surface area contributed by atoms with Gasteiger partial charge in [-0.2, -0.15) is 0 Å². The highest BCUT2D eigenvalue weighted by atomic mass is 19.2. The molecule has 4 N–H and O–H groups in total. The zero-order chi connectivity index (χ0) is 27.2. The molecule has 1 amide bonds. The van der Waals surface area contributed by atoms with Crippen molar-refractivity contribution in [2.75, 3.05) is 32.5 Å². The first-order valence-electron chi connectivity index (χ1n) is 12.5. The molecule has 11 heteroatoms. The van der Waals surface area contributed by atoms with E-state index in [1.807, 2.05) is 18.2 Å². The van der Waals surface area contributed by atoms with E-state index in [0.717, 1.165) is 41.4 Å². The quantitative estimate of drug-likeness (QED) is 0.204. The van der Waals surface area contributed by atoms with Crippen molar-refractivity contribution in [1.29, 1.82) is 0 Å². The number of pyridine rings is 1. The first kappa shape index (κ1) is 27.5. The van der Waals surface area contributed by atoms with Crippen molar-refractivity contribution >= 4 is 22.5 Å². The van der Waals surface area contributed by atoms with Crippen LogP contribution in [0.15, 0.2) is 36.5 Å². The number of ether oxygens (including phenoxy) is 2. The van der Waals surface area contributed by atoms with Gasteiger partial charge in [0.2, 0.25) is 5.91 Å². The zero-order valence-electron chi connectivity index (χ0n) is 21.1. The second-order valence-electron chi connectivity index (χ2n) is 9.40. The first-order valence-corrected chi connectivity index (χ1v) is 12.5. The summed E-state index contributed by atoms with van der Waals surface area (Å²) in [5, 5.41) is 10.0. The number of hydrogen-bond acceptors (Lipinski definition) is 7. The number of fused-ring (bicyclic) bond motifs is 1. The van der Waals surface area contributed by atoms with E-state index in [1.165, 1.54) is 0 Å². The van der Waals surface area contributed by atoms with Gasteiger partial charge in [0.25, 0.3) is 0 Å². The van der Waals surface area contributed by atoms with E-state index in [2.05, 4.69) is 9.88 Å². The molecule has 2 heterocycles. The Morgan fingerprint density at radius 3 is 2.68 bits per heavy atom. The molecule has 0 aliphatic carbocycles. The summed E-state index contributed by atoms with van der Waals surface area (Å²) in [6.07, 6.45) is 4.92. The number of methoxy groups -OCH3 is 1. The summed E-state index contributed by atoms with van der Waals surface area (Å²) in [6.45, 7) is 1.14. The lowest BCUT2D eigenvalue weighted by Gasteiger charge is -2.39. The third kappa shape index (κ3) is 6.28. The smallest absolute Gasteiger partial charge is 0.246 e. The van der Waals surface area contributed by atoms with Gasteiger partial charge in [-0.1, -0.05) is 0 Å². The monoisotopic (exact) mass is 532 g/mol.